The molecule has 0 bridgehead atoms. The summed E-state index contributed by atoms with van der Waals surface area (Å²) in [6.45, 7) is 21.2. The summed E-state index contributed by atoms with van der Waals surface area (Å²) in [6, 6.07) is 0. The Hall–Kier alpha value is 0.310. The average molecular weight is 768 g/mol. The fraction of sp³-hybridized carbons (Fsp3) is 1.00. The second-order valence-electron chi connectivity index (χ2n) is 22.9. The Morgan fingerprint density at radius 1 is 0.519 bits per heavy atom. The van der Waals surface area contributed by atoms with Crippen LogP contribution in [0, 0.1) is 107 Å². The van der Waals surface area contributed by atoms with Crippen molar-refractivity contribution in [3.05, 3.63) is 0 Å². The molecule has 0 aromatic rings. The van der Waals surface area contributed by atoms with Crippen LogP contribution in [0.3, 0.4) is 0 Å². The zero-order valence-corrected chi connectivity index (χ0v) is 38.7. The molecule has 0 aromatic heterocycles. The van der Waals surface area contributed by atoms with E-state index in [4.69, 9.17) is 18.4 Å². The van der Waals surface area contributed by atoms with Crippen LogP contribution in [0.15, 0.2) is 0 Å². The van der Waals surface area contributed by atoms with Gasteiger partial charge in [-0.05, 0) is 202 Å². The predicted octanol–water partition coefficient (Wildman–Crippen LogP) is 15.6. The Morgan fingerprint density at radius 2 is 1.09 bits per heavy atom. The molecule has 2 N–H and O–H groups in total. The summed E-state index contributed by atoms with van der Waals surface area (Å²) in [6.07, 6.45) is 36.0. The molecule has 5 aliphatic carbocycles. The van der Waals surface area contributed by atoms with Gasteiger partial charge in [0.05, 0.1) is 0 Å². The van der Waals surface area contributed by atoms with Crippen LogP contribution in [-0.2, 0) is 0 Å². The highest BCUT2D eigenvalue weighted by Crippen LogP contribution is 2.51. The first-order chi connectivity index (χ1) is 26.0. The number of hydrogen-bond donors (Lipinski definition) is 2. The first-order valence-corrected chi connectivity index (χ1v) is 25.9. The summed E-state index contributed by atoms with van der Waals surface area (Å²) < 4.78 is 0. The standard InChI is InChI=1S/C52H97NS/c1-9-38(6)47-23-22-46(35(2)3)28-45(29-47)25-44-19-21-49(52(39(7)33-53)30-43-13-10-36(4)11-14-43)32-51(27-44)48-20-18-42(26-50(31-48)40(8)34-54)17-16-41-15-12-37(5)24-41/h35-52,54H,9-34,53H2,1-8H3/t36?,37?,38-,39?,40+,41?,42?,43?,44?,45?,46?,47?,48?,49?,50?,51?,52-/m0/s1. The van der Waals surface area contributed by atoms with Crippen molar-refractivity contribution in [2.24, 2.45) is 112 Å². The minimum absolute atomic E-state index is 0.672. The van der Waals surface area contributed by atoms with E-state index in [0.717, 1.165) is 113 Å². The lowest BCUT2D eigenvalue weighted by atomic mass is 9.67. The van der Waals surface area contributed by atoms with Gasteiger partial charge in [0.15, 0.2) is 0 Å². The molecule has 0 radical (unpaired) electrons. The smallest absolute Gasteiger partial charge is 0.00488 e. The van der Waals surface area contributed by atoms with Crippen LogP contribution < -0.4 is 5.73 Å². The molecule has 5 rings (SSSR count). The maximum Gasteiger partial charge on any atom is -0.00488 e. The van der Waals surface area contributed by atoms with Crippen LogP contribution in [0.2, 0.25) is 0 Å². The van der Waals surface area contributed by atoms with Gasteiger partial charge in [0.25, 0.3) is 0 Å². The normalized spacial score (nSPS) is 41.1. The molecule has 0 spiro atoms. The summed E-state index contributed by atoms with van der Waals surface area (Å²) in [7, 11) is 0. The molecular weight excluding hydrogens is 671 g/mol. The second kappa shape index (κ2) is 22.6. The van der Waals surface area contributed by atoms with Gasteiger partial charge in [0.1, 0.15) is 0 Å². The van der Waals surface area contributed by atoms with Gasteiger partial charge in [-0.2, -0.15) is 12.6 Å². The number of rotatable bonds is 16. The Bertz CT molecular complexity index is 1020. The highest BCUT2D eigenvalue weighted by Gasteiger charge is 2.41. The molecule has 1 nitrogen and oxygen atoms in total. The van der Waals surface area contributed by atoms with Crippen molar-refractivity contribution < 1.29 is 0 Å². The van der Waals surface area contributed by atoms with E-state index < -0.39 is 0 Å². The third-order valence-corrected chi connectivity index (χ3v) is 19.2. The minimum atomic E-state index is 0.672. The van der Waals surface area contributed by atoms with Crippen molar-refractivity contribution >= 4 is 12.6 Å². The van der Waals surface area contributed by atoms with E-state index in [2.05, 4.69) is 55.4 Å². The fourth-order valence-corrected chi connectivity index (χ4v) is 14.6. The summed E-state index contributed by atoms with van der Waals surface area (Å²) in [5.41, 5.74) is 6.65. The van der Waals surface area contributed by atoms with Gasteiger partial charge >= 0.3 is 0 Å². The van der Waals surface area contributed by atoms with Crippen molar-refractivity contribution in [3.63, 3.8) is 0 Å². The largest absolute Gasteiger partial charge is 0.330 e. The van der Waals surface area contributed by atoms with Crippen LogP contribution in [-0.4, -0.2) is 12.3 Å². The Balaban J connectivity index is 1.37. The highest BCUT2D eigenvalue weighted by atomic mass is 32.1. The second-order valence-corrected chi connectivity index (χ2v) is 23.3. The van der Waals surface area contributed by atoms with E-state index in [0.29, 0.717) is 5.92 Å². The minimum Gasteiger partial charge on any atom is -0.330 e. The van der Waals surface area contributed by atoms with E-state index >= 15 is 0 Å². The number of thiol groups is 1. The Morgan fingerprint density at radius 3 is 1.74 bits per heavy atom. The third kappa shape index (κ3) is 13.4. The van der Waals surface area contributed by atoms with Crippen LogP contribution in [0.25, 0.3) is 0 Å². The topological polar surface area (TPSA) is 26.0 Å². The van der Waals surface area contributed by atoms with Gasteiger partial charge in [-0.15, -0.1) is 0 Å². The van der Waals surface area contributed by atoms with Gasteiger partial charge in [-0.25, -0.2) is 0 Å². The molecule has 54 heavy (non-hydrogen) atoms. The molecular formula is C52H97NS. The first-order valence-electron chi connectivity index (χ1n) is 25.3. The van der Waals surface area contributed by atoms with Crippen molar-refractivity contribution in [1.29, 1.82) is 0 Å². The van der Waals surface area contributed by atoms with Crippen molar-refractivity contribution in [2.75, 3.05) is 12.3 Å². The fourth-order valence-electron chi connectivity index (χ4n) is 14.3. The van der Waals surface area contributed by atoms with E-state index in [1.807, 2.05) is 0 Å². The zero-order chi connectivity index (χ0) is 38.8. The van der Waals surface area contributed by atoms with Crippen LogP contribution >= 0.6 is 12.6 Å². The van der Waals surface area contributed by atoms with Gasteiger partial charge in [0, 0.05) is 0 Å². The monoisotopic (exact) mass is 768 g/mol. The molecule has 0 aliphatic heterocycles. The number of hydrogen-bond acceptors (Lipinski definition) is 2. The van der Waals surface area contributed by atoms with Crippen LogP contribution in [0.1, 0.15) is 209 Å². The lowest BCUT2D eigenvalue weighted by Gasteiger charge is -2.38. The van der Waals surface area contributed by atoms with Gasteiger partial charge in [-0.3, -0.25) is 0 Å². The van der Waals surface area contributed by atoms with Gasteiger partial charge in [-0.1, -0.05) is 126 Å². The SMILES string of the molecule is CC[C@H](C)C1CCC(C(C)C)CC(CC2CCC([C@@H](CC3CCC(C)CC3)C(C)CN)CC(C3CCC(CCC4CCC(C)C4)CC([C@H](C)CS)C3)C2)C1. The average Bonchev–Trinajstić information content (AvgIpc) is 3.33. The molecule has 316 valence electrons. The van der Waals surface area contributed by atoms with E-state index in [1.54, 1.807) is 12.8 Å². The molecule has 5 saturated carbocycles. The van der Waals surface area contributed by atoms with E-state index in [-0.39, 0.29) is 0 Å². The lowest BCUT2D eigenvalue weighted by Crippen LogP contribution is -2.32. The predicted molar refractivity (Wildman–Crippen MR) is 242 cm³/mol. The van der Waals surface area contributed by atoms with Gasteiger partial charge in [0.2, 0.25) is 0 Å². The van der Waals surface area contributed by atoms with Crippen LogP contribution in [0.4, 0.5) is 0 Å². The molecule has 0 saturated heterocycles. The summed E-state index contributed by atoms with van der Waals surface area (Å²) >= 11 is 4.98. The molecule has 0 heterocycles. The summed E-state index contributed by atoms with van der Waals surface area (Å²) in [5.74, 6) is 17.4. The molecule has 2 heteroatoms. The summed E-state index contributed by atoms with van der Waals surface area (Å²) in [5, 5.41) is 0. The maximum atomic E-state index is 6.65. The molecule has 12 unspecified atom stereocenters. The molecule has 5 aliphatic rings. The molecule has 15 atom stereocenters. The maximum absolute atomic E-state index is 6.65. The quantitative estimate of drug-likeness (QED) is 0.119. The molecule has 0 amide bonds. The van der Waals surface area contributed by atoms with Gasteiger partial charge < -0.3 is 5.73 Å². The Kier molecular flexibility index (Phi) is 19.0. The number of nitrogens with two attached hydrogens (primary N) is 1. The van der Waals surface area contributed by atoms with E-state index in [1.165, 1.54) is 141 Å². The summed E-state index contributed by atoms with van der Waals surface area (Å²) in [4.78, 5) is 0. The lowest BCUT2D eigenvalue weighted by molar-refractivity contribution is 0.123. The highest BCUT2D eigenvalue weighted by molar-refractivity contribution is 7.80. The van der Waals surface area contributed by atoms with Crippen LogP contribution in [0.5, 0.6) is 0 Å². The molecule has 5 fully saturated rings. The Labute approximate surface area is 345 Å². The van der Waals surface area contributed by atoms with Crippen molar-refractivity contribution in [1.82, 2.24) is 0 Å². The zero-order valence-electron chi connectivity index (χ0n) is 37.8. The van der Waals surface area contributed by atoms with E-state index in [9.17, 15) is 0 Å². The molecule has 0 aromatic carbocycles. The first kappa shape index (κ1) is 45.4. The van der Waals surface area contributed by atoms with Crippen molar-refractivity contribution in [2.45, 2.75) is 209 Å². The van der Waals surface area contributed by atoms with Crippen molar-refractivity contribution in [3.8, 4) is 0 Å². The third-order valence-electron chi connectivity index (χ3n) is 18.6.